The summed E-state index contributed by atoms with van der Waals surface area (Å²) in [5, 5.41) is 17.2. The number of benzene rings is 1. The fraction of sp³-hybridized carbons (Fsp3) is 0.385. The fourth-order valence-electron chi connectivity index (χ4n) is 1.82. The maximum Gasteiger partial charge on any atom is 0.114 e. The minimum absolute atomic E-state index is 0.133. The molecule has 0 bridgehead atoms. The number of aliphatic hydroxyl groups excluding tert-OH is 1. The van der Waals surface area contributed by atoms with Gasteiger partial charge >= 0.3 is 0 Å². The van der Waals surface area contributed by atoms with Crippen molar-refractivity contribution in [3.8, 4) is 5.69 Å². The third-order valence-electron chi connectivity index (χ3n) is 2.86. The van der Waals surface area contributed by atoms with E-state index < -0.39 is 0 Å². The van der Waals surface area contributed by atoms with Crippen LogP contribution in [0.3, 0.4) is 0 Å². The lowest BCUT2D eigenvalue weighted by Crippen LogP contribution is -2.05. The van der Waals surface area contributed by atoms with E-state index in [1.165, 1.54) is 5.56 Å². The van der Waals surface area contributed by atoms with Crippen LogP contribution in [0, 0.1) is 0 Å². The Balaban J connectivity index is 2.39. The van der Waals surface area contributed by atoms with Gasteiger partial charge in [0.2, 0.25) is 0 Å². The maximum absolute atomic E-state index is 9.22. The lowest BCUT2D eigenvalue weighted by atomic mass is 10.1. The van der Waals surface area contributed by atoms with Gasteiger partial charge in [0.1, 0.15) is 5.69 Å². The van der Waals surface area contributed by atoms with Crippen LogP contribution in [0.4, 0.5) is 0 Å². The molecule has 5 nitrogen and oxygen atoms in total. The fourth-order valence-corrected chi connectivity index (χ4v) is 1.82. The van der Waals surface area contributed by atoms with E-state index in [1.54, 1.807) is 11.8 Å². The number of ether oxygens (including phenoxy) is 1. The van der Waals surface area contributed by atoms with Crippen LogP contribution in [0.5, 0.6) is 0 Å². The van der Waals surface area contributed by atoms with Gasteiger partial charge in [-0.15, -0.1) is 5.10 Å². The summed E-state index contributed by atoms with van der Waals surface area (Å²) in [7, 11) is 1.61. The molecule has 1 N–H and O–H groups in total. The van der Waals surface area contributed by atoms with E-state index >= 15 is 0 Å². The van der Waals surface area contributed by atoms with Crippen LogP contribution in [-0.2, 0) is 24.4 Å². The zero-order valence-corrected chi connectivity index (χ0v) is 10.6. The largest absolute Gasteiger partial charge is 0.390 e. The first-order chi connectivity index (χ1) is 8.80. The molecule has 0 aliphatic rings. The second-order valence-corrected chi connectivity index (χ2v) is 4.01. The van der Waals surface area contributed by atoms with E-state index in [2.05, 4.69) is 29.4 Å². The lowest BCUT2D eigenvalue weighted by Gasteiger charge is -2.07. The molecule has 0 fully saturated rings. The van der Waals surface area contributed by atoms with Gasteiger partial charge in [0.15, 0.2) is 0 Å². The molecule has 18 heavy (non-hydrogen) atoms. The number of methoxy groups -OCH3 is 1. The quantitative estimate of drug-likeness (QED) is 0.869. The first kappa shape index (κ1) is 12.7. The number of aryl methyl sites for hydroxylation is 1. The smallest absolute Gasteiger partial charge is 0.114 e. The van der Waals surface area contributed by atoms with Gasteiger partial charge in [-0.2, -0.15) is 0 Å². The van der Waals surface area contributed by atoms with Crippen LogP contribution in [0.25, 0.3) is 5.69 Å². The van der Waals surface area contributed by atoms with Gasteiger partial charge in [-0.3, -0.25) is 0 Å². The van der Waals surface area contributed by atoms with E-state index in [1.807, 2.05) is 12.1 Å². The Morgan fingerprint density at radius 2 is 2.00 bits per heavy atom. The monoisotopic (exact) mass is 247 g/mol. The molecule has 0 saturated carbocycles. The van der Waals surface area contributed by atoms with Gasteiger partial charge in [0, 0.05) is 7.11 Å². The van der Waals surface area contributed by atoms with E-state index in [4.69, 9.17) is 4.74 Å². The first-order valence-corrected chi connectivity index (χ1v) is 5.92. The minimum Gasteiger partial charge on any atom is -0.390 e. The maximum atomic E-state index is 9.22. The van der Waals surface area contributed by atoms with Crippen molar-refractivity contribution in [2.45, 2.75) is 26.6 Å². The third kappa shape index (κ3) is 2.42. The summed E-state index contributed by atoms with van der Waals surface area (Å²) in [5.74, 6) is 0. The second kappa shape index (κ2) is 5.75. The molecule has 1 heterocycles. The second-order valence-electron chi connectivity index (χ2n) is 4.01. The Morgan fingerprint density at radius 1 is 1.28 bits per heavy atom. The van der Waals surface area contributed by atoms with E-state index in [0.29, 0.717) is 12.3 Å². The summed E-state index contributed by atoms with van der Waals surface area (Å²) >= 11 is 0. The number of nitrogens with zero attached hydrogens (tertiary/aromatic N) is 3. The standard InChI is InChI=1S/C13H17N3O2/c1-3-10-4-6-11(7-5-10)16-13(9-18-2)12(8-17)14-15-16/h4-7,17H,3,8-9H2,1-2H3. The predicted octanol–water partition coefficient (Wildman–Crippen LogP) is 1.47. The van der Waals surface area contributed by atoms with Crippen molar-refractivity contribution >= 4 is 0 Å². The molecule has 0 radical (unpaired) electrons. The number of aromatic nitrogens is 3. The summed E-state index contributed by atoms with van der Waals surface area (Å²) in [5.41, 5.74) is 3.53. The Morgan fingerprint density at radius 3 is 2.56 bits per heavy atom. The first-order valence-electron chi connectivity index (χ1n) is 5.92. The lowest BCUT2D eigenvalue weighted by molar-refractivity contribution is 0.175. The molecule has 96 valence electrons. The average Bonchev–Trinajstić information content (AvgIpc) is 2.82. The molecule has 2 aromatic rings. The molecule has 0 atom stereocenters. The Hall–Kier alpha value is -1.72. The number of hydrogen-bond donors (Lipinski definition) is 1. The van der Waals surface area contributed by atoms with Gasteiger partial charge < -0.3 is 9.84 Å². The molecule has 0 spiro atoms. The van der Waals surface area contributed by atoms with Crippen LogP contribution in [0.2, 0.25) is 0 Å². The van der Waals surface area contributed by atoms with Crippen LogP contribution < -0.4 is 0 Å². The normalized spacial score (nSPS) is 10.8. The van der Waals surface area contributed by atoms with Crippen molar-refractivity contribution in [1.29, 1.82) is 0 Å². The molecule has 0 amide bonds. The highest BCUT2D eigenvalue weighted by molar-refractivity contribution is 5.36. The minimum atomic E-state index is -0.133. The summed E-state index contributed by atoms with van der Waals surface area (Å²) < 4.78 is 6.83. The molecule has 5 heteroatoms. The van der Waals surface area contributed by atoms with Gasteiger partial charge in [-0.1, -0.05) is 24.3 Å². The van der Waals surface area contributed by atoms with Crippen LogP contribution in [0.1, 0.15) is 23.9 Å². The molecule has 1 aromatic carbocycles. The molecule has 2 rings (SSSR count). The van der Waals surface area contributed by atoms with E-state index in [9.17, 15) is 5.11 Å². The van der Waals surface area contributed by atoms with E-state index in [-0.39, 0.29) is 6.61 Å². The molecule has 1 aromatic heterocycles. The van der Waals surface area contributed by atoms with Gasteiger partial charge in [-0.05, 0) is 24.1 Å². The van der Waals surface area contributed by atoms with Gasteiger partial charge in [0.05, 0.1) is 24.6 Å². The number of rotatable bonds is 5. The van der Waals surface area contributed by atoms with Gasteiger partial charge in [-0.25, -0.2) is 4.68 Å². The summed E-state index contributed by atoms with van der Waals surface area (Å²) in [6.07, 6.45) is 1.00. The van der Waals surface area contributed by atoms with Crippen molar-refractivity contribution in [1.82, 2.24) is 15.0 Å². The Bertz CT molecular complexity index is 505. The zero-order chi connectivity index (χ0) is 13.0. The van der Waals surface area contributed by atoms with Crippen molar-refractivity contribution in [2.75, 3.05) is 7.11 Å². The average molecular weight is 247 g/mol. The molecular weight excluding hydrogens is 230 g/mol. The highest BCUT2D eigenvalue weighted by Gasteiger charge is 2.13. The van der Waals surface area contributed by atoms with Crippen molar-refractivity contribution in [3.63, 3.8) is 0 Å². The molecular formula is C13H17N3O2. The SMILES string of the molecule is CCc1ccc(-n2nnc(CO)c2COC)cc1. The van der Waals surface area contributed by atoms with Crippen molar-refractivity contribution < 1.29 is 9.84 Å². The predicted molar refractivity (Wildman–Crippen MR) is 67.4 cm³/mol. The molecule has 0 aliphatic carbocycles. The summed E-state index contributed by atoms with van der Waals surface area (Å²) in [4.78, 5) is 0. The highest BCUT2D eigenvalue weighted by atomic mass is 16.5. The van der Waals surface area contributed by atoms with Gasteiger partial charge in [0.25, 0.3) is 0 Å². The summed E-state index contributed by atoms with van der Waals surface area (Å²) in [6, 6.07) is 8.11. The topological polar surface area (TPSA) is 60.2 Å². The summed E-state index contributed by atoms with van der Waals surface area (Å²) in [6.45, 7) is 2.36. The third-order valence-corrected chi connectivity index (χ3v) is 2.86. The van der Waals surface area contributed by atoms with Crippen LogP contribution in [0.15, 0.2) is 24.3 Å². The Labute approximate surface area is 106 Å². The molecule has 0 unspecified atom stereocenters. The Kier molecular flexibility index (Phi) is 4.07. The number of hydrogen-bond acceptors (Lipinski definition) is 4. The van der Waals surface area contributed by atoms with Crippen LogP contribution >= 0.6 is 0 Å². The highest BCUT2D eigenvalue weighted by Crippen LogP contribution is 2.15. The van der Waals surface area contributed by atoms with E-state index in [0.717, 1.165) is 17.8 Å². The number of aliphatic hydroxyl groups is 1. The zero-order valence-electron chi connectivity index (χ0n) is 10.6. The molecule has 0 aliphatic heterocycles. The van der Waals surface area contributed by atoms with Crippen LogP contribution in [-0.4, -0.2) is 27.2 Å². The van der Waals surface area contributed by atoms with Crippen molar-refractivity contribution in [2.24, 2.45) is 0 Å². The molecule has 0 saturated heterocycles. The van der Waals surface area contributed by atoms with Crippen molar-refractivity contribution in [3.05, 3.63) is 41.2 Å².